The Morgan fingerprint density at radius 2 is 0.655 bits per heavy atom. The van der Waals surface area contributed by atoms with Gasteiger partial charge in [-0.05, 0) is 116 Å². The second-order valence-electron chi connectivity index (χ2n) is 24.4. The summed E-state index contributed by atoms with van der Waals surface area (Å²) in [6.45, 7) is 4.59. The fraction of sp³-hybridized carbons (Fsp3) is 0.679. The van der Waals surface area contributed by atoms with Crippen molar-refractivity contribution < 1.29 is 42.9 Å². The van der Waals surface area contributed by atoms with Crippen molar-refractivity contribution in [2.45, 2.75) is 296 Å². The molecule has 0 radical (unpaired) electrons. The van der Waals surface area contributed by atoms with Gasteiger partial charge in [0.1, 0.15) is 13.2 Å². The minimum Gasteiger partial charge on any atom is -0.545 e. The summed E-state index contributed by atoms with van der Waals surface area (Å²) in [5.41, 5.74) is 0. The second-order valence-corrected chi connectivity index (χ2v) is 24.4. The molecule has 0 aliphatic carbocycles. The van der Waals surface area contributed by atoms with Gasteiger partial charge in [-0.1, -0.05) is 289 Å². The Morgan fingerprint density at radius 1 is 0.356 bits per heavy atom. The molecular weight excluding hydrogens is 1080 g/mol. The maximum Gasteiger partial charge on any atom is 0.306 e. The highest BCUT2D eigenvalue weighted by molar-refractivity contribution is 5.70. The normalized spacial score (nSPS) is 13.5. The van der Waals surface area contributed by atoms with Gasteiger partial charge in [0.2, 0.25) is 0 Å². The van der Waals surface area contributed by atoms with Crippen LogP contribution in [0.2, 0.25) is 0 Å². The lowest BCUT2D eigenvalue weighted by Crippen LogP contribution is -2.44. The van der Waals surface area contributed by atoms with Crippen LogP contribution in [0.3, 0.4) is 0 Å². The van der Waals surface area contributed by atoms with E-state index in [0.29, 0.717) is 17.4 Å². The Kier molecular flexibility index (Phi) is 63.8. The zero-order chi connectivity index (χ0) is 63.3. The number of esters is 2. The number of likely N-dealkylation sites (N-methyl/N-ethyl adjacent to an activating group) is 1. The first-order valence-electron chi connectivity index (χ1n) is 35.3. The lowest BCUT2D eigenvalue weighted by atomic mass is 10.0. The van der Waals surface area contributed by atoms with E-state index >= 15 is 0 Å². The van der Waals surface area contributed by atoms with Crippen molar-refractivity contribution in [1.29, 1.82) is 0 Å². The first-order chi connectivity index (χ1) is 42.6. The molecule has 0 aromatic rings. The van der Waals surface area contributed by atoms with Crippen LogP contribution < -0.4 is 5.11 Å². The lowest BCUT2D eigenvalue weighted by molar-refractivity contribution is -0.870. The topological polar surface area (TPSA) is 111 Å². The van der Waals surface area contributed by atoms with Gasteiger partial charge in [-0.15, -0.1) is 0 Å². The maximum atomic E-state index is 12.9. The van der Waals surface area contributed by atoms with E-state index in [1.54, 1.807) is 0 Å². The zero-order valence-electron chi connectivity index (χ0n) is 56.6. The third-order valence-corrected chi connectivity index (χ3v) is 14.9. The third-order valence-electron chi connectivity index (χ3n) is 14.9. The van der Waals surface area contributed by atoms with Crippen LogP contribution in [0.15, 0.2) is 134 Å². The van der Waals surface area contributed by atoms with Crippen LogP contribution >= 0.6 is 0 Å². The fourth-order valence-corrected chi connectivity index (χ4v) is 9.50. The van der Waals surface area contributed by atoms with Crippen molar-refractivity contribution in [3.05, 3.63) is 134 Å². The Labute approximate surface area is 535 Å². The zero-order valence-corrected chi connectivity index (χ0v) is 56.6. The summed E-state index contributed by atoms with van der Waals surface area (Å²) < 4.78 is 22.8. The van der Waals surface area contributed by atoms with Crippen LogP contribution in [-0.4, -0.2) is 82.3 Å². The van der Waals surface area contributed by atoms with Crippen molar-refractivity contribution in [2.24, 2.45) is 0 Å². The van der Waals surface area contributed by atoms with Gasteiger partial charge in [0, 0.05) is 12.8 Å². The number of aliphatic carboxylic acids is 1. The predicted octanol–water partition coefficient (Wildman–Crippen LogP) is 20.8. The van der Waals surface area contributed by atoms with Gasteiger partial charge in [0.25, 0.3) is 0 Å². The molecule has 9 nitrogen and oxygen atoms in total. The van der Waals surface area contributed by atoms with Crippen molar-refractivity contribution in [1.82, 2.24) is 0 Å². The van der Waals surface area contributed by atoms with Crippen LogP contribution in [0.5, 0.6) is 0 Å². The number of carboxylic acid groups (broad SMARTS) is 1. The highest BCUT2D eigenvalue weighted by atomic mass is 16.7. The second kappa shape index (κ2) is 67.4. The molecule has 0 fully saturated rings. The predicted molar refractivity (Wildman–Crippen MR) is 370 cm³/mol. The molecule has 0 N–H and O–H groups in total. The molecule has 0 aliphatic heterocycles. The minimum absolute atomic E-state index is 0.135. The average Bonchev–Trinajstić information content (AvgIpc) is 3.56. The van der Waals surface area contributed by atoms with Crippen LogP contribution in [0, 0.1) is 0 Å². The summed E-state index contributed by atoms with van der Waals surface area (Å²) in [6.07, 6.45) is 93.9. The first kappa shape index (κ1) is 82.4. The molecule has 496 valence electrons. The summed E-state index contributed by atoms with van der Waals surface area (Å²) in [4.78, 5) is 37.5. The van der Waals surface area contributed by atoms with E-state index in [0.717, 1.165) is 103 Å². The molecule has 0 bridgehead atoms. The number of hydrogen-bond donors (Lipinski definition) is 0. The Balaban J connectivity index is 4.21. The van der Waals surface area contributed by atoms with E-state index in [4.69, 9.17) is 18.9 Å². The summed E-state index contributed by atoms with van der Waals surface area (Å²) in [5.74, 6) is -2.33. The molecule has 0 aromatic heterocycles. The number of hydrogen-bond acceptors (Lipinski definition) is 8. The van der Waals surface area contributed by atoms with E-state index in [9.17, 15) is 19.5 Å². The van der Waals surface area contributed by atoms with Gasteiger partial charge in [-0.3, -0.25) is 9.59 Å². The van der Waals surface area contributed by atoms with Gasteiger partial charge in [-0.25, -0.2) is 0 Å². The number of carboxylic acids is 1. The number of quaternary nitrogens is 1. The van der Waals surface area contributed by atoms with Gasteiger partial charge >= 0.3 is 11.9 Å². The SMILES string of the molecule is CC/C=C\C/C=C\C/C=C\C/C=C\C/C=C\C/C=C\C/C=C\C/C=C\C/C=C\CCCCCC(=O)OC(COC(=O)CCCCCCCCCCCCCCCCCCCCC/C=C\C/C=C\CCCCCCC)COC(OCC[N+](C)(C)C)C(=O)[O-]. The van der Waals surface area contributed by atoms with Crippen LogP contribution in [-0.2, 0) is 33.3 Å². The highest BCUT2D eigenvalue weighted by Gasteiger charge is 2.22. The van der Waals surface area contributed by atoms with E-state index in [1.165, 1.54) is 148 Å². The monoisotopic (exact) mass is 1210 g/mol. The molecule has 9 heteroatoms. The molecule has 0 spiro atoms. The third kappa shape index (κ3) is 68.8. The van der Waals surface area contributed by atoms with Gasteiger partial charge in [0.15, 0.2) is 12.4 Å². The number of unbranched alkanes of at least 4 members (excludes halogenated alkanes) is 27. The van der Waals surface area contributed by atoms with Crippen LogP contribution in [0.25, 0.3) is 0 Å². The number of carbonyl (C=O) groups is 3. The number of nitrogens with zero attached hydrogens (tertiary/aromatic N) is 1. The average molecular weight is 1210 g/mol. The Bertz CT molecular complexity index is 1890. The van der Waals surface area contributed by atoms with E-state index in [2.05, 4.69) is 148 Å². The molecule has 0 rings (SSSR count). The smallest absolute Gasteiger partial charge is 0.306 e. The highest BCUT2D eigenvalue weighted by Crippen LogP contribution is 2.17. The van der Waals surface area contributed by atoms with Gasteiger partial charge < -0.3 is 33.3 Å². The number of carbonyl (C=O) groups excluding carboxylic acids is 3. The van der Waals surface area contributed by atoms with Crippen molar-refractivity contribution in [3.63, 3.8) is 0 Å². The first-order valence-corrected chi connectivity index (χ1v) is 35.3. The molecule has 0 aliphatic rings. The van der Waals surface area contributed by atoms with Crippen LogP contribution in [0.1, 0.15) is 284 Å². The molecule has 87 heavy (non-hydrogen) atoms. The Hall–Kier alpha value is -4.57. The maximum absolute atomic E-state index is 12.9. The fourth-order valence-electron chi connectivity index (χ4n) is 9.50. The molecule has 0 amide bonds. The van der Waals surface area contributed by atoms with Crippen molar-refractivity contribution in [3.8, 4) is 0 Å². The number of rotatable bonds is 64. The molecule has 2 unspecified atom stereocenters. The Morgan fingerprint density at radius 3 is 0.989 bits per heavy atom. The lowest BCUT2D eigenvalue weighted by Gasteiger charge is -2.26. The van der Waals surface area contributed by atoms with E-state index < -0.39 is 24.3 Å². The van der Waals surface area contributed by atoms with Gasteiger partial charge in [-0.2, -0.15) is 0 Å². The van der Waals surface area contributed by atoms with Crippen LogP contribution in [0.4, 0.5) is 0 Å². The van der Waals surface area contributed by atoms with Crippen molar-refractivity contribution in [2.75, 3.05) is 47.5 Å². The quantitative estimate of drug-likeness (QED) is 0.0195. The van der Waals surface area contributed by atoms with Crippen molar-refractivity contribution >= 4 is 17.9 Å². The molecule has 2 atom stereocenters. The molecule has 0 heterocycles. The summed E-state index contributed by atoms with van der Waals surface area (Å²) >= 11 is 0. The minimum atomic E-state index is -1.64. The summed E-state index contributed by atoms with van der Waals surface area (Å²) in [7, 11) is 5.91. The molecular formula is C78H131NO8. The van der Waals surface area contributed by atoms with E-state index in [1.807, 2.05) is 21.1 Å². The summed E-state index contributed by atoms with van der Waals surface area (Å²) in [6, 6.07) is 0. The molecule has 0 aromatic carbocycles. The summed E-state index contributed by atoms with van der Waals surface area (Å²) in [5, 5.41) is 11.8. The standard InChI is InChI=1S/C78H131NO8/c1-6-8-10-12-14-16-18-20-22-24-26-28-30-32-34-36-38-40-42-44-46-48-50-52-54-56-58-60-62-64-66-68-75(80)85-72-74(73-86-78(77(82)83)84-71-70-79(3,4)5)87-76(81)69-67-65-63-61-59-57-55-53-51-49-47-45-43-41-39-37-35-33-31-29-27-25-23-21-19-17-15-13-11-9-7-2/h9,11,15,17-18,20-21,23-24,26-27,29,33,35,39,41,45,47,51,53,57,59,74,78H,6-8,10,12-14,16,19,22,25,28,30-32,34,36-38,40,42-44,46,48-50,52,54-56,58,60-73H2,1-5H3/b11-9-,17-15-,20-18-,23-21-,26-24-,29-27-,35-33-,41-39-,47-45-,53-51-,59-57-. The number of ether oxygens (including phenoxy) is 4. The van der Waals surface area contributed by atoms with Gasteiger partial charge in [0.05, 0.1) is 40.3 Å². The number of allylic oxidation sites excluding steroid dienone is 22. The molecule has 0 saturated heterocycles. The largest absolute Gasteiger partial charge is 0.545 e. The van der Waals surface area contributed by atoms with E-state index in [-0.39, 0.29) is 38.6 Å². The molecule has 0 saturated carbocycles.